The summed E-state index contributed by atoms with van der Waals surface area (Å²) < 4.78 is 13.4. The lowest BCUT2D eigenvalue weighted by Gasteiger charge is -2.13. The molecule has 0 aliphatic carbocycles. The monoisotopic (exact) mass is 700 g/mol. The van der Waals surface area contributed by atoms with Crippen LogP contribution in [0.15, 0.2) is 84.4 Å². The van der Waals surface area contributed by atoms with Crippen LogP contribution in [0, 0.1) is 18.5 Å². The number of benzene rings is 4. The Morgan fingerprint density at radius 2 is 1.67 bits per heavy atom. The maximum atomic E-state index is 12.7. The van der Waals surface area contributed by atoms with Crippen LogP contribution in [0.3, 0.4) is 0 Å². The normalized spacial score (nSPS) is 11.1. The summed E-state index contributed by atoms with van der Waals surface area (Å²) in [7, 11) is 0. The number of fused-ring (bicyclic) bond motifs is 1. The Balaban J connectivity index is 1.49. The highest BCUT2D eigenvalue weighted by atomic mass is 127. The Hall–Kier alpha value is -3.10. The second-order valence-corrected chi connectivity index (χ2v) is 10.1. The van der Waals surface area contributed by atoms with Crippen LogP contribution in [0.1, 0.15) is 18.1 Å². The molecule has 0 fully saturated rings. The van der Waals surface area contributed by atoms with Gasteiger partial charge in [-0.2, -0.15) is 5.26 Å². The first-order valence-electron chi connectivity index (χ1n) is 11.2. The highest BCUT2D eigenvalue weighted by molar-refractivity contribution is 14.1. The number of nitrogens with zero attached hydrogens (tertiary/aromatic N) is 1. The standard InChI is InChI=1S/C29H22I2N2O3/c1-2-35-24-12-10-23(11-13-24)33-29(34)22(17-32)14-19-15-26(30)28(27(31)16-19)36-18-21-8-5-7-20-6-3-4-9-25(20)21/h3-16H,2,18H2,1H3,(H,33,34). The van der Waals surface area contributed by atoms with Gasteiger partial charge in [0.1, 0.15) is 29.7 Å². The van der Waals surface area contributed by atoms with Gasteiger partial charge in [-0.1, -0.05) is 42.5 Å². The minimum absolute atomic E-state index is 0.0138. The second kappa shape index (κ2) is 12.2. The average molecular weight is 700 g/mol. The van der Waals surface area contributed by atoms with Crippen molar-refractivity contribution in [1.82, 2.24) is 0 Å². The van der Waals surface area contributed by atoms with E-state index in [-0.39, 0.29) is 5.57 Å². The molecule has 4 aromatic carbocycles. The molecule has 0 unspecified atom stereocenters. The molecule has 4 aromatic rings. The number of halogens is 2. The second-order valence-electron chi connectivity index (χ2n) is 7.82. The first-order valence-corrected chi connectivity index (χ1v) is 13.4. The van der Waals surface area contributed by atoms with Crippen LogP contribution in [-0.2, 0) is 11.4 Å². The van der Waals surface area contributed by atoms with Crippen molar-refractivity contribution in [3.63, 3.8) is 0 Å². The molecule has 36 heavy (non-hydrogen) atoms. The van der Waals surface area contributed by atoms with Crippen molar-refractivity contribution in [3.8, 4) is 17.6 Å². The summed E-state index contributed by atoms with van der Waals surface area (Å²) in [5.41, 5.74) is 2.46. The SMILES string of the molecule is CCOc1ccc(NC(=O)C(C#N)=Cc2cc(I)c(OCc3cccc4ccccc34)c(I)c2)cc1. The lowest BCUT2D eigenvalue weighted by Crippen LogP contribution is -2.13. The average Bonchev–Trinajstić information content (AvgIpc) is 2.88. The van der Waals surface area contributed by atoms with E-state index in [1.807, 2.05) is 43.3 Å². The van der Waals surface area contributed by atoms with Crippen molar-refractivity contribution in [2.45, 2.75) is 13.5 Å². The maximum Gasteiger partial charge on any atom is 0.266 e. The van der Waals surface area contributed by atoms with Gasteiger partial charge in [-0.15, -0.1) is 0 Å². The number of nitrogens with one attached hydrogen (secondary N) is 1. The number of nitriles is 1. The van der Waals surface area contributed by atoms with Crippen molar-refractivity contribution in [1.29, 1.82) is 5.26 Å². The number of carbonyl (C=O) groups is 1. The summed E-state index contributed by atoms with van der Waals surface area (Å²) in [5.74, 6) is 1.03. The minimum Gasteiger partial charge on any atom is -0.494 e. The van der Waals surface area contributed by atoms with Crippen LogP contribution in [0.25, 0.3) is 16.8 Å². The van der Waals surface area contributed by atoms with E-state index in [1.54, 1.807) is 30.3 Å². The molecule has 5 nitrogen and oxygen atoms in total. The molecule has 0 atom stereocenters. The van der Waals surface area contributed by atoms with Crippen molar-refractivity contribution in [2.24, 2.45) is 0 Å². The van der Waals surface area contributed by atoms with Crippen molar-refractivity contribution in [3.05, 3.63) is 103 Å². The number of amides is 1. The van der Waals surface area contributed by atoms with Crippen molar-refractivity contribution < 1.29 is 14.3 Å². The predicted molar refractivity (Wildman–Crippen MR) is 160 cm³/mol. The number of hydrogen-bond acceptors (Lipinski definition) is 4. The summed E-state index contributed by atoms with van der Waals surface area (Å²) in [6, 6.07) is 27.3. The van der Waals surface area contributed by atoms with E-state index in [0.717, 1.165) is 29.8 Å². The summed E-state index contributed by atoms with van der Waals surface area (Å²) in [4.78, 5) is 12.7. The predicted octanol–water partition coefficient (Wildman–Crippen LogP) is 7.57. The van der Waals surface area contributed by atoms with Crippen LogP contribution in [0.2, 0.25) is 0 Å². The Morgan fingerprint density at radius 1 is 0.972 bits per heavy atom. The molecule has 1 N–H and O–H groups in total. The van der Waals surface area contributed by atoms with Gasteiger partial charge in [0.05, 0.1) is 13.7 Å². The first-order chi connectivity index (χ1) is 17.5. The summed E-state index contributed by atoms with van der Waals surface area (Å²) >= 11 is 4.45. The molecule has 0 aliphatic heterocycles. The van der Waals surface area contributed by atoms with Gasteiger partial charge in [0, 0.05) is 5.69 Å². The number of carbonyl (C=O) groups excluding carboxylic acids is 1. The van der Waals surface area contributed by atoms with Gasteiger partial charge >= 0.3 is 0 Å². The quantitative estimate of drug-likeness (QED) is 0.117. The molecule has 4 rings (SSSR count). The smallest absolute Gasteiger partial charge is 0.266 e. The van der Waals surface area contributed by atoms with Gasteiger partial charge in [-0.3, -0.25) is 4.79 Å². The molecule has 1 amide bonds. The van der Waals surface area contributed by atoms with Gasteiger partial charge < -0.3 is 14.8 Å². The van der Waals surface area contributed by atoms with Gasteiger partial charge in [0.25, 0.3) is 5.91 Å². The van der Waals surface area contributed by atoms with Crippen molar-refractivity contribution in [2.75, 3.05) is 11.9 Å². The third-order valence-corrected chi connectivity index (χ3v) is 6.97. The van der Waals surface area contributed by atoms with Gasteiger partial charge in [-0.05, 0) is 116 Å². The largest absolute Gasteiger partial charge is 0.494 e. The van der Waals surface area contributed by atoms with Crippen LogP contribution in [0.5, 0.6) is 11.5 Å². The number of rotatable bonds is 8. The highest BCUT2D eigenvalue weighted by Crippen LogP contribution is 2.31. The molecule has 0 heterocycles. The van der Waals surface area contributed by atoms with E-state index in [2.05, 4.69) is 74.8 Å². The Kier molecular flexibility index (Phi) is 8.83. The van der Waals surface area contributed by atoms with Gasteiger partial charge in [-0.25, -0.2) is 0 Å². The lowest BCUT2D eigenvalue weighted by atomic mass is 10.1. The Morgan fingerprint density at radius 3 is 2.36 bits per heavy atom. The van der Waals surface area contributed by atoms with Crippen LogP contribution in [-0.4, -0.2) is 12.5 Å². The number of ether oxygens (including phenoxy) is 2. The third-order valence-electron chi connectivity index (χ3n) is 5.37. The zero-order valence-corrected chi connectivity index (χ0v) is 23.7. The fourth-order valence-electron chi connectivity index (χ4n) is 3.68. The molecule has 0 aliphatic rings. The van der Waals surface area contributed by atoms with E-state index in [9.17, 15) is 10.1 Å². The third kappa shape index (κ3) is 6.36. The summed E-state index contributed by atoms with van der Waals surface area (Å²) in [6.07, 6.45) is 1.59. The first kappa shape index (κ1) is 26.0. The van der Waals surface area contributed by atoms with E-state index in [4.69, 9.17) is 9.47 Å². The zero-order valence-electron chi connectivity index (χ0n) is 19.4. The van der Waals surface area contributed by atoms with E-state index >= 15 is 0 Å². The fourth-order valence-corrected chi connectivity index (χ4v) is 5.81. The molecule has 0 bridgehead atoms. The van der Waals surface area contributed by atoms with Gasteiger partial charge in [0.2, 0.25) is 0 Å². The maximum absolute atomic E-state index is 12.7. The van der Waals surface area contributed by atoms with Crippen LogP contribution in [0.4, 0.5) is 5.69 Å². The van der Waals surface area contributed by atoms with E-state index < -0.39 is 5.91 Å². The number of anilines is 1. The minimum atomic E-state index is -0.469. The molecule has 0 radical (unpaired) electrons. The molecule has 7 heteroatoms. The molecule has 0 spiro atoms. The summed E-state index contributed by atoms with van der Waals surface area (Å²) in [6.45, 7) is 2.92. The number of hydrogen-bond donors (Lipinski definition) is 1. The lowest BCUT2D eigenvalue weighted by molar-refractivity contribution is -0.112. The molecular weight excluding hydrogens is 678 g/mol. The van der Waals surface area contributed by atoms with E-state index in [0.29, 0.717) is 18.9 Å². The van der Waals surface area contributed by atoms with Crippen molar-refractivity contribution >= 4 is 73.6 Å². The van der Waals surface area contributed by atoms with E-state index in [1.165, 1.54) is 10.8 Å². The summed E-state index contributed by atoms with van der Waals surface area (Å²) in [5, 5.41) is 14.7. The topological polar surface area (TPSA) is 71.3 Å². The van der Waals surface area contributed by atoms with Gasteiger partial charge in [0.15, 0.2) is 0 Å². The molecule has 0 aromatic heterocycles. The molecular formula is C29H22I2N2O3. The molecule has 180 valence electrons. The Bertz CT molecular complexity index is 1450. The van der Waals surface area contributed by atoms with Crippen LogP contribution >= 0.6 is 45.2 Å². The fraction of sp³-hybridized carbons (Fsp3) is 0.103. The molecule has 0 saturated heterocycles. The zero-order chi connectivity index (χ0) is 25.5. The molecule has 0 saturated carbocycles. The van der Waals surface area contributed by atoms with Crippen LogP contribution < -0.4 is 14.8 Å². The highest BCUT2D eigenvalue weighted by Gasteiger charge is 2.13. The Labute approximate surface area is 237 Å².